The van der Waals surface area contributed by atoms with E-state index in [9.17, 15) is 13.4 Å². The first-order valence-electron chi connectivity index (χ1n) is 5.64. The Labute approximate surface area is 109 Å². The molecule has 0 bridgehead atoms. The maximum Gasteiger partial charge on any atom is 0.577 e. The first kappa shape index (κ1) is 13.4. The molecule has 0 aromatic heterocycles. The predicted molar refractivity (Wildman–Crippen MR) is 66.7 cm³/mol. The summed E-state index contributed by atoms with van der Waals surface area (Å²) in [6, 6.07) is 5.78. The summed E-state index contributed by atoms with van der Waals surface area (Å²) in [7, 11) is -1.00. The fourth-order valence-corrected chi connectivity index (χ4v) is 2.22. The molecule has 0 fully saturated rings. The Kier molecular flexibility index (Phi) is 4.04. The van der Waals surface area contributed by atoms with Gasteiger partial charge in [-0.2, -0.15) is 0 Å². The highest BCUT2D eigenvalue weighted by Crippen LogP contribution is 2.39. The van der Waals surface area contributed by atoms with E-state index in [0.717, 1.165) is 17.0 Å². The summed E-state index contributed by atoms with van der Waals surface area (Å²) in [4.78, 5) is 13.0. The summed E-state index contributed by atoms with van der Waals surface area (Å²) in [5.74, 6) is 0.00647. The number of para-hydroxylation sites is 1. The molecule has 0 saturated heterocycles. The SMILES string of the molecule is F[B]F.O=C(O)C1=CN2CCOc3cccc(c32)C1. The van der Waals surface area contributed by atoms with Crippen LogP contribution in [0.2, 0.25) is 0 Å². The average molecular weight is 266 g/mol. The van der Waals surface area contributed by atoms with Crippen LogP contribution in [0.1, 0.15) is 5.56 Å². The second-order valence-corrected chi connectivity index (χ2v) is 4.02. The number of carboxylic acid groups (broad SMARTS) is 1. The van der Waals surface area contributed by atoms with Crippen LogP contribution in [-0.2, 0) is 11.2 Å². The molecule has 99 valence electrons. The standard InChI is InChI=1S/C12H11NO3.BF2/c14-12(15)9-6-8-2-1-3-10-11(8)13(7-9)4-5-16-10;2-1-3/h1-3,7H,4-6H2,(H,14,15);. The van der Waals surface area contributed by atoms with Gasteiger partial charge in [0.25, 0.3) is 0 Å². The van der Waals surface area contributed by atoms with Crippen molar-refractivity contribution in [3.8, 4) is 5.75 Å². The summed E-state index contributed by atoms with van der Waals surface area (Å²) in [6.07, 6.45) is 2.19. The summed E-state index contributed by atoms with van der Waals surface area (Å²) in [5.41, 5.74) is 2.49. The fraction of sp³-hybridized carbons (Fsp3) is 0.250. The second kappa shape index (κ2) is 5.73. The minimum absolute atomic E-state index is 0.437. The maximum absolute atomic E-state index is 11.0. The Bertz CT molecular complexity index is 522. The number of anilines is 1. The van der Waals surface area contributed by atoms with Crippen LogP contribution in [0.5, 0.6) is 5.75 Å². The quantitative estimate of drug-likeness (QED) is 0.788. The van der Waals surface area contributed by atoms with Crippen LogP contribution >= 0.6 is 0 Å². The van der Waals surface area contributed by atoms with Crippen LogP contribution in [-0.4, -0.2) is 32.1 Å². The van der Waals surface area contributed by atoms with Crippen molar-refractivity contribution >= 4 is 19.5 Å². The number of nitrogens with zero attached hydrogens (tertiary/aromatic N) is 1. The van der Waals surface area contributed by atoms with E-state index in [-0.39, 0.29) is 0 Å². The molecule has 1 radical (unpaired) electrons. The highest BCUT2D eigenvalue weighted by Gasteiger charge is 2.26. The van der Waals surface area contributed by atoms with Gasteiger partial charge in [0.2, 0.25) is 0 Å². The van der Waals surface area contributed by atoms with Crippen molar-refractivity contribution in [2.24, 2.45) is 0 Å². The van der Waals surface area contributed by atoms with Gasteiger partial charge in [0.05, 0.1) is 17.8 Å². The van der Waals surface area contributed by atoms with Gasteiger partial charge in [0, 0.05) is 12.6 Å². The van der Waals surface area contributed by atoms with Gasteiger partial charge in [0.1, 0.15) is 12.4 Å². The van der Waals surface area contributed by atoms with Crippen molar-refractivity contribution in [3.63, 3.8) is 0 Å². The van der Waals surface area contributed by atoms with Crippen LogP contribution in [0, 0.1) is 0 Å². The largest absolute Gasteiger partial charge is 0.577 e. The number of hydrogen-bond acceptors (Lipinski definition) is 3. The van der Waals surface area contributed by atoms with Crippen LogP contribution in [0.3, 0.4) is 0 Å². The molecule has 1 aromatic carbocycles. The monoisotopic (exact) mass is 266 g/mol. The molecule has 1 N–H and O–H groups in total. The Morgan fingerprint density at radius 2 is 2.16 bits per heavy atom. The van der Waals surface area contributed by atoms with Crippen LogP contribution in [0.4, 0.5) is 14.3 Å². The minimum Gasteiger partial charge on any atom is -0.490 e. The van der Waals surface area contributed by atoms with Crippen molar-refractivity contribution in [3.05, 3.63) is 35.5 Å². The number of rotatable bonds is 1. The summed E-state index contributed by atoms with van der Waals surface area (Å²) < 4.78 is 24.5. The zero-order valence-corrected chi connectivity index (χ0v) is 9.97. The highest BCUT2D eigenvalue weighted by molar-refractivity contribution is 6.15. The molecule has 2 aliphatic rings. The Morgan fingerprint density at radius 1 is 1.42 bits per heavy atom. The maximum atomic E-state index is 11.0. The minimum atomic E-state index is -1.00. The van der Waals surface area contributed by atoms with Gasteiger partial charge in [-0.1, -0.05) is 12.1 Å². The molecule has 19 heavy (non-hydrogen) atoms. The van der Waals surface area contributed by atoms with Crippen molar-refractivity contribution in [2.45, 2.75) is 6.42 Å². The van der Waals surface area contributed by atoms with Crippen molar-refractivity contribution in [1.29, 1.82) is 0 Å². The molecular formula is C12H11BF2NO3. The van der Waals surface area contributed by atoms with Gasteiger partial charge in [0.15, 0.2) is 0 Å². The van der Waals surface area contributed by atoms with E-state index in [1.54, 1.807) is 6.20 Å². The molecule has 0 saturated carbocycles. The van der Waals surface area contributed by atoms with E-state index in [1.807, 2.05) is 23.1 Å². The van der Waals surface area contributed by atoms with E-state index in [2.05, 4.69) is 0 Å². The van der Waals surface area contributed by atoms with E-state index < -0.39 is 13.8 Å². The van der Waals surface area contributed by atoms with Crippen LogP contribution in [0.15, 0.2) is 30.0 Å². The molecule has 2 aliphatic heterocycles. The lowest BCUT2D eigenvalue weighted by Crippen LogP contribution is -2.32. The van der Waals surface area contributed by atoms with E-state index in [1.165, 1.54) is 0 Å². The van der Waals surface area contributed by atoms with Gasteiger partial charge >= 0.3 is 13.8 Å². The van der Waals surface area contributed by atoms with Crippen LogP contribution < -0.4 is 9.64 Å². The van der Waals surface area contributed by atoms with E-state index in [4.69, 9.17) is 9.84 Å². The summed E-state index contributed by atoms with van der Waals surface area (Å²) >= 11 is 0. The van der Waals surface area contributed by atoms with Gasteiger partial charge in [-0.3, -0.25) is 8.63 Å². The number of carbonyl (C=O) groups is 1. The zero-order valence-electron chi connectivity index (χ0n) is 9.97. The van der Waals surface area contributed by atoms with Crippen molar-refractivity contribution < 1.29 is 23.3 Å². The molecule has 0 aliphatic carbocycles. The lowest BCUT2D eigenvalue weighted by molar-refractivity contribution is -0.132. The van der Waals surface area contributed by atoms with Crippen molar-refractivity contribution in [1.82, 2.24) is 0 Å². The third-order valence-corrected chi connectivity index (χ3v) is 2.93. The van der Waals surface area contributed by atoms with E-state index in [0.29, 0.717) is 25.1 Å². The smallest absolute Gasteiger partial charge is 0.490 e. The molecule has 0 spiro atoms. The number of benzene rings is 1. The lowest BCUT2D eigenvalue weighted by atomic mass is 9.98. The summed E-state index contributed by atoms with van der Waals surface area (Å²) in [5, 5.41) is 9.04. The Hall–Kier alpha value is -2.05. The van der Waals surface area contributed by atoms with Gasteiger partial charge in [-0.05, 0) is 11.6 Å². The van der Waals surface area contributed by atoms with Gasteiger partial charge < -0.3 is 14.7 Å². The topological polar surface area (TPSA) is 49.8 Å². The van der Waals surface area contributed by atoms with E-state index >= 15 is 0 Å². The van der Waals surface area contributed by atoms with Gasteiger partial charge in [-0.15, -0.1) is 0 Å². The molecule has 0 amide bonds. The molecule has 3 rings (SSSR count). The zero-order chi connectivity index (χ0) is 13.8. The Morgan fingerprint density at radius 3 is 2.84 bits per heavy atom. The second-order valence-electron chi connectivity index (χ2n) is 4.02. The molecule has 0 atom stereocenters. The first-order chi connectivity index (χ1) is 9.17. The number of aliphatic carboxylic acids is 1. The fourth-order valence-electron chi connectivity index (χ4n) is 2.22. The number of ether oxygens (including phenoxy) is 1. The molecule has 0 unspecified atom stereocenters. The summed E-state index contributed by atoms with van der Waals surface area (Å²) in [6.45, 7) is 1.31. The predicted octanol–water partition coefficient (Wildman–Crippen LogP) is 1.87. The Balaban J connectivity index is 0.000000408. The third-order valence-electron chi connectivity index (χ3n) is 2.93. The normalized spacial score (nSPS) is 15.3. The number of hydrogen-bond donors (Lipinski definition) is 1. The molecule has 4 nitrogen and oxygen atoms in total. The van der Waals surface area contributed by atoms with Crippen LogP contribution in [0.25, 0.3) is 0 Å². The van der Waals surface area contributed by atoms with Gasteiger partial charge in [-0.25, -0.2) is 4.79 Å². The lowest BCUT2D eigenvalue weighted by Gasteiger charge is -2.33. The first-order valence-corrected chi connectivity index (χ1v) is 5.64. The molecular weight excluding hydrogens is 255 g/mol. The third kappa shape index (κ3) is 2.69. The number of carboxylic acids is 1. The highest BCUT2D eigenvalue weighted by atomic mass is 19.2. The molecule has 2 heterocycles. The van der Waals surface area contributed by atoms with Crippen molar-refractivity contribution in [2.75, 3.05) is 18.1 Å². The number of halogens is 2. The molecule has 7 heteroatoms. The average Bonchev–Trinajstić information content (AvgIpc) is 2.40. The molecule has 1 aromatic rings.